The predicted octanol–water partition coefficient (Wildman–Crippen LogP) is 20.9. The zero-order valence-electron chi connectivity index (χ0n) is 59.0. The molecule has 0 heterocycles. The van der Waals surface area contributed by atoms with Crippen LogP contribution in [-0.2, 0) is 65.4 Å². The van der Waals surface area contributed by atoms with E-state index < -0.39 is 97.5 Å². The molecule has 0 aliphatic rings. The SMILES string of the molecule is CCCCCCCCCCCCCCC(=O)OC[C@H](COP(=O)(O)OC[C@@H](O)COP(=O)(O)OC[C@@H](COC(=O)CCCCCCCCC)OC(=O)CCCCCCCCCCCCC)OC(=O)CCCCCCCCCCCCCCCCCCCCC(C)C. The Morgan fingerprint density at radius 1 is 0.297 bits per heavy atom. The van der Waals surface area contributed by atoms with Gasteiger partial charge < -0.3 is 33.8 Å². The number of aliphatic hydroxyl groups is 1. The maximum Gasteiger partial charge on any atom is 0.472 e. The Labute approximate surface area is 556 Å². The van der Waals surface area contributed by atoms with Crippen LogP contribution in [-0.4, -0.2) is 96.7 Å². The summed E-state index contributed by atoms with van der Waals surface area (Å²) in [4.78, 5) is 72.4. The lowest BCUT2D eigenvalue weighted by atomic mass is 10.0. The van der Waals surface area contributed by atoms with Crippen molar-refractivity contribution >= 4 is 39.5 Å². The molecule has 0 amide bonds. The maximum atomic E-state index is 13.0. The van der Waals surface area contributed by atoms with Crippen LogP contribution in [0.4, 0.5) is 0 Å². The van der Waals surface area contributed by atoms with Crippen LogP contribution in [0.3, 0.4) is 0 Å². The number of hydrogen-bond acceptors (Lipinski definition) is 15. The zero-order valence-corrected chi connectivity index (χ0v) is 60.8. The third-order valence-electron chi connectivity index (χ3n) is 16.8. The number of hydrogen-bond donors (Lipinski definition) is 3. The summed E-state index contributed by atoms with van der Waals surface area (Å²) in [6, 6.07) is 0. The van der Waals surface area contributed by atoms with Crippen molar-refractivity contribution in [2.24, 2.45) is 5.92 Å². The smallest absolute Gasteiger partial charge is 0.462 e. The molecule has 0 spiro atoms. The molecule has 0 radical (unpaired) electrons. The fourth-order valence-corrected chi connectivity index (χ4v) is 12.6. The van der Waals surface area contributed by atoms with Gasteiger partial charge in [0.05, 0.1) is 26.4 Å². The number of phosphoric acid groups is 2. The van der Waals surface area contributed by atoms with Gasteiger partial charge in [-0.15, -0.1) is 0 Å². The van der Waals surface area contributed by atoms with E-state index in [1.807, 2.05) is 0 Å². The molecule has 19 heteroatoms. The molecule has 540 valence electrons. The highest BCUT2D eigenvalue weighted by Crippen LogP contribution is 2.45. The average molecular weight is 1340 g/mol. The van der Waals surface area contributed by atoms with Crippen LogP contribution in [0.1, 0.15) is 375 Å². The van der Waals surface area contributed by atoms with Gasteiger partial charge in [0.1, 0.15) is 19.3 Å². The third kappa shape index (κ3) is 66.5. The first-order valence-corrected chi connectivity index (χ1v) is 40.6. The molecule has 0 aliphatic heterocycles. The molecule has 0 aromatic rings. The Morgan fingerprint density at radius 3 is 0.747 bits per heavy atom. The Balaban J connectivity index is 5.14. The van der Waals surface area contributed by atoms with E-state index in [1.54, 1.807) is 0 Å². The largest absolute Gasteiger partial charge is 0.472 e. The molecule has 0 fully saturated rings. The Morgan fingerprint density at radius 2 is 0.505 bits per heavy atom. The lowest BCUT2D eigenvalue weighted by Gasteiger charge is -2.21. The summed E-state index contributed by atoms with van der Waals surface area (Å²) in [6.45, 7) is 7.25. The molecule has 0 rings (SSSR count). The Bertz CT molecular complexity index is 1750. The average Bonchev–Trinajstić information content (AvgIpc) is 3.49. The van der Waals surface area contributed by atoms with Crippen molar-refractivity contribution in [3.63, 3.8) is 0 Å². The standard InChI is InChI=1S/C72H140O17P2/c1-6-9-12-15-18-20-22-33-36-41-46-51-56-70(75)83-62-68(89-72(77)58-53-48-43-38-34-30-28-26-24-23-25-27-29-32-35-40-44-49-54-65(4)5)64-87-91(80,81)85-60-66(73)59-84-90(78,79)86-63-67(61-82-69(74)55-50-45-39-17-14-11-8-3)88-71(76)57-52-47-42-37-31-21-19-16-13-10-7-2/h65-68,73H,6-64H2,1-5H3,(H,78,79)(H,80,81)/t66-,67+,68+/m0/s1. The van der Waals surface area contributed by atoms with E-state index in [9.17, 15) is 43.2 Å². The first kappa shape index (κ1) is 89.1. The number of esters is 4. The number of unbranched alkanes of at least 4 members (excludes halogenated alkanes) is 44. The molecule has 91 heavy (non-hydrogen) atoms. The van der Waals surface area contributed by atoms with E-state index in [1.165, 1.54) is 186 Å². The lowest BCUT2D eigenvalue weighted by molar-refractivity contribution is -0.161. The summed E-state index contributed by atoms with van der Waals surface area (Å²) in [5.74, 6) is -1.30. The first-order valence-electron chi connectivity index (χ1n) is 37.6. The van der Waals surface area contributed by atoms with Crippen LogP contribution in [0.2, 0.25) is 0 Å². The number of carbonyl (C=O) groups excluding carboxylic acids is 4. The fraction of sp³-hybridized carbons (Fsp3) is 0.944. The summed E-state index contributed by atoms with van der Waals surface area (Å²) >= 11 is 0. The maximum absolute atomic E-state index is 13.0. The highest BCUT2D eigenvalue weighted by Gasteiger charge is 2.30. The number of ether oxygens (including phenoxy) is 4. The molecule has 17 nitrogen and oxygen atoms in total. The number of carbonyl (C=O) groups is 4. The quantitative estimate of drug-likeness (QED) is 0.0222. The fourth-order valence-electron chi connectivity index (χ4n) is 11.0. The molecular formula is C72H140O17P2. The molecule has 0 aromatic carbocycles. The highest BCUT2D eigenvalue weighted by atomic mass is 31.2. The molecule has 3 N–H and O–H groups in total. The minimum atomic E-state index is -4.95. The second kappa shape index (κ2) is 65.4. The van der Waals surface area contributed by atoms with E-state index >= 15 is 0 Å². The minimum absolute atomic E-state index is 0.107. The molecule has 0 aliphatic carbocycles. The van der Waals surface area contributed by atoms with E-state index in [0.717, 1.165) is 109 Å². The highest BCUT2D eigenvalue weighted by molar-refractivity contribution is 7.47. The monoisotopic (exact) mass is 1340 g/mol. The summed E-state index contributed by atoms with van der Waals surface area (Å²) in [5.41, 5.74) is 0. The van der Waals surface area contributed by atoms with E-state index in [2.05, 4.69) is 34.6 Å². The van der Waals surface area contributed by atoms with Crippen LogP contribution < -0.4 is 0 Å². The second-order valence-corrected chi connectivity index (χ2v) is 29.4. The van der Waals surface area contributed by atoms with Crippen LogP contribution in [0.5, 0.6) is 0 Å². The van der Waals surface area contributed by atoms with Gasteiger partial charge in [0.15, 0.2) is 12.2 Å². The molecule has 0 aromatic heterocycles. The van der Waals surface area contributed by atoms with Gasteiger partial charge in [-0.2, -0.15) is 0 Å². The zero-order chi connectivity index (χ0) is 67.0. The minimum Gasteiger partial charge on any atom is -0.462 e. The van der Waals surface area contributed by atoms with Crippen molar-refractivity contribution in [2.45, 2.75) is 393 Å². The van der Waals surface area contributed by atoms with Crippen molar-refractivity contribution in [1.82, 2.24) is 0 Å². The predicted molar refractivity (Wildman–Crippen MR) is 368 cm³/mol. The van der Waals surface area contributed by atoms with Gasteiger partial charge in [0.2, 0.25) is 0 Å². The van der Waals surface area contributed by atoms with Crippen LogP contribution in [0.25, 0.3) is 0 Å². The second-order valence-electron chi connectivity index (χ2n) is 26.5. The van der Waals surface area contributed by atoms with Crippen molar-refractivity contribution in [1.29, 1.82) is 0 Å². The van der Waals surface area contributed by atoms with Crippen molar-refractivity contribution in [2.75, 3.05) is 39.6 Å². The van der Waals surface area contributed by atoms with E-state index in [-0.39, 0.29) is 25.7 Å². The molecule has 2 unspecified atom stereocenters. The van der Waals surface area contributed by atoms with Crippen molar-refractivity contribution in [3.05, 3.63) is 0 Å². The molecule has 0 saturated heterocycles. The van der Waals surface area contributed by atoms with E-state index in [0.29, 0.717) is 25.7 Å². The summed E-state index contributed by atoms with van der Waals surface area (Å²) < 4.78 is 68.2. The van der Waals surface area contributed by atoms with Crippen molar-refractivity contribution < 1.29 is 80.2 Å². The topological polar surface area (TPSA) is 237 Å². The Hall–Kier alpha value is -1.94. The first-order chi connectivity index (χ1) is 44.0. The van der Waals surface area contributed by atoms with Crippen LogP contribution >= 0.6 is 15.6 Å². The molecule has 5 atom stereocenters. The molecule has 0 saturated carbocycles. The van der Waals surface area contributed by atoms with Crippen LogP contribution in [0.15, 0.2) is 0 Å². The van der Waals surface area contributed by atoms with Crippen molar-refractivity contribution in [3.8, 4) is 0 Å². The molecular weight excluding hydrogens is 1200 g/mol. The number of phosphoric ester groups is 2. The van der Waals surface area contributed by atoms with Gasteiger partial charge in [0.25, 0.3) is 0 Å². The van der Waals surface area contributed by atoms with Gasteiger partial charge in [0, 0.05) is 25.7 Å². The van der Waals surface area contributed by atoms with Crippen LogP contribution in [0, 0.1) is 5.92 Å². The number of aliphatic hydroxyl groups excluding tert-OH is 1. The summed E-state index contributed by atoms with van der Waals surface area (Å²) in [5, 5.41) is 10.6. The van der Waals surface area contributed by atoms with Gasteiger partial charge >= 0.3 is 39.5 Å². The number of rotatable bonds is 72. The lowest BCUT2D eigenvalue weighted by Crippen LogP contribution is -2.30. The summed E-state index contributed by atoms with van der Waals surface area (Å²) in [6.07, 6.45) is 52.8. The van der Waals surface area contributed by atoms with Gasteiger partial charge in [-0.1, -0.05) is 324 Å². The summed E-state index contributed by atoms with van der Waals surface area (Å²) in [7, 11) is -9.89. The van der Waals surface area contributed by atoms with E-state index in [4.69, 9.17) is 37.0 Å². The van der Waals surface area contributed by atoms with Gasteiger partial charge in [-0.3, -0.25) is 37.3 Å². The van der Waals surface area contributed by atoms with Gasteiger partial charge in [-0.25, -0.2) is 9.13 Å². The Kier molecular flexibility index (Phi) is 64.0. The third-order valence-corrected chi connectivity index (χ3v) is 18.7. The molecule has 0 bridgehead atoms. The normalized spacial score (nSPS) is 14.0. The van der Waals surface area contributed by atoms with Gasteiger partial charge in [-0.05, 0) is 31.6 Å².